The van der Waals surface area contributed by atoms with Crippen LogP contribution < -0.4 is 0 Å². The number of Topliss-reactive ketones (excluding diaryl/α,β-unsaturated/α-hetero) is 1. The van der Waals surface area contributed by atoms with Crippen molar-refractivity contribution in [3.05, 3.63) is 29.8 Å². The van der Waals surface area contributed by atoms with Gasteiger partial charge in [-0.3, -0.25) is 0 Å². The third kappa shape index (κ3) is 2.63. The molecule has 1 nitrogen and oxygen atoms in total. The second-order valence-corrected chi connectivity index (χ2v) is 5.20. The Hall–Kier alpha value is -0.760. The van der Waals surface area contributed by atoms with Crippen LogP contribution >= 0.6 is 11.8 Å². The first kappa shape index (κ1) is 10.7. The van der Waals surface area contributed by atoms with E-state index in [4.69, 9.17) is 0 Å². The molecular formula is C13H16OS. The van der Waals surface area contributed by atoms with E-state index in [0.717, 1.165) is 19.3 Å². The number of fused-ring (bicyclic) bond motifs is 1. The van der Waals surface area contributed by atoms with Crippen molar-refractivity contribution < 1.29 is 4.79 Å². The number of carbonyl (C=O) groups is 1. The normalized spacial score (nSPS) is 18.9. The fourth-order valence-electron chi connectivity index (χ4n) is 2.07. The Morgan fingerprint density at radius 1 is 1.47 bits per heavy atom. The van der Waals surface area contributed by atoms with Gasteiger partial charge in [-0.2, -0.15) is 0 Å². The highest BCUT2D eigenvalue weighted by Gasteiger charge is 2.21. The molecule has 1 heterocycles. The zero-order chi connectivity index (χ0) is 10.7. The first-order chi connectivity index (χ1) is 7.27. The third-order valence-corrected chi connectivity index (χ3v) is 4.13. The van der Waals surface area contributed by atoms with E-state index in [1.807, 2.05) is 11.8 Å². The highest BCUT2D eigenvalue weighted by molar-refractivity contribution is 7.99. The van der Waals surface area contributed by atoms with Crippen molar-refractivity contribution in [2.45, 2.75) is 37.0 Å². The maximum atomic E-state index is 10.9. The SMILES string of the molecule is CC(=O)CCCC1CSc2ccccc21. The fraction of sp³-hybridized carbons (Fsp3) is 0.462. The summed E-state index contributed by atoms with van der Waals surface area (Å²) in [5, 5.41) is 0. The third-order valence-electron chi connectivity index (χ3n) is 2.88. The standard InChI is InChI=1S/C13H16OS/c1-10(14)5-4-6-11-9-15-13-8-3-2-7-12(11)13/h2-3,7-8,11H,4-6,9H2,1H3. The molecule has 0 saturated heterocycles. The van der Waals surface area contributed by atoms with Crippen LogP contribution in [0.1, 0.15) is 37.7 Å². The Kier molecular flexibility index (Phi) is 3.47. The number of ketones is 1. The van der Waals surface area contributed by atoms with E-state index in [1.165, 1.54) is 16.2 Å². The monoisotopic (exact) mass is 220 g/mol. The lowest BCUT2D eigenvalue weighted by Crippen LogP contribution is -1.98. The van der Waals surface area contributed by atoms with Gasteiger partial charge in [0.05, 0.1) is 0 Å². The maximum absolute atomic E-state index is 10.9. The molecule has 2 rings (SSSR count). The minimum atomic E-state index is 0.314. The Morgan fingerprint density at radius 3 is 3.07 bits per heavy atom. The van der Waals surface area contributed by atoms with Gasteiger partial charge < -0.3 is 4.79 Å². The minimum Gasteiger partial charge on any atom is -0.300 e. The Balaban J connectivity index is 1.93. The van der Waals surface area contributed by atoms with Crippen molar-refractivity contribution in [1.82, 2.24) is 0 Å². The Bertz CT molecular complexity index is 359. The predicted octanol–water partition coefficient (Wildman–Crippen LogP) is 3.64. The molecule has 1 unspecified atom stereocenters. The quantitative estimate of drug-likeness (QED) is 0.770. The summed E-state index contributed by atoms with van der Waals surface area (Å²) in [4.78, 5) is 12.3. The molecule has 1 aliphatic heterocycles. The van der Waals surface area contributed by atoms with Crippen LogP contribution in [0.5, 0.6) is 0 Å². The van der Waals surface area contributed by atoms with E-state index in [1.54, 1.807) is 6.92 Å². The second-order valence-electron chi connectivity index (χ2n) is 4.14. The van der Waals surface area contributed by atoms with Gasteiger partial charge in [0.15, 0.2) is 0 Å². The number of hydrogen-bond acceptors (Lipinski definition) is 2. The average molecular weight is 220 g/mol. The first-order valence-electron chi connectivity index (χ1n) is 5.48. The lowest BCUT2D eigenvalue weighted by molar-refractivity contribution is -0.117. The van der Waals surface area contributed by atoms with Crippen molar-refractivity contribution in [3.8, 4) is 0 Å². The molecule has 80 valence electrons. The topological polar surface area (TPSA) is 17.1 Å². The van der Waals surface area contributed by atoms with Crippen LogP contribution in [-0.2, 0) is 4.79 Å². The largest absolute Gasteiger partial charge is 0.300 e. The molecular weight excluding hydrogens is 204 g/mol. The van der Waals surface area contributed by atoms with Crippen molar-refractivity contribution in [2.24, 2.45) is 0 Å². The molecule has 0 saturated carbocycles. The van der Waals surface area contributed by atoms with Crippen LogP contribution in [0, 0.1) is 0 Å². The molecule has 1 atom stereocenters. The summed E-state index contributed by atoms with van der Waals surface area (Å²) < 4.78 is 0. The minimum absolute atomic E-state index is 0.314. The van der Waals surface area contributed by atoms with Crippen molar-refractivity contribution in [3.63, 3.8) is 0 Å². The molecule has 2 heteroatoms. The van der Waals surface area contributed by atoms with Gasteiger partial charge in [0.2, 0.25) is 0 Å². The highest BCUT2D eigenvalue weighted by atomic mass is 32.2. The summed E-state index contributed by atoms with van der Waals surface area (Å²) in [6, 6.07) is 8.64. The molecule has 0 N–H and O–H groups in total. The van der Waals surface area contributed by atoms with Gasteiger partial charge in [0, 0.05) is 17.1 Å². The van der Waals surface area contributed by atoms with Gasteiger partial charge in [-0.25, -0.2) is 0 Å². The number of carbonyl (C=O) groups excluding carboxylic acids is 1. The molecule has 0 spiro atoms. The van der Waals surface area contributed by atoms with Crippen molar-refractivity contribution in [1.29, 1.82) is 0 Å². The molecule has 0 aliphatic carbocycles. The van der Waals surface area contributed by atoms with E-state index in [-0.39, 0.29) is 0 Å². The number of rotatable bonds is 4. The van der Waals surface area contributed by atoms with Gasteiger partial charge in [-0.1, -0.05) is 18.2 Å². The highest BCUT2D eigenvalue weighted by Crippen LogP contribution is 2.41. The smallest absolute Gasteiger partial charge is 0.129 e. The van der Waals surface area contributed by atoms with Crippen LogP contribution in [0.15, 0.2) is 29.2 Å². The molecule has 15 heavy (non-hydrogen) atoms. The molecule has 1 aliphatic rings. The molecule has 1 aromatic carbocycles. The Morgan fingerprint density at radius 2 is 2.27 bits per heavy atom. The zero-order valence-corrected chi connectivity index (χ0v) is 9.85. The molecule has 0 fully saturated rings. The number of hydrogen-bond donors (Lipinski definition) is 0. The van der Waals surface area contributed by atoms with Crippen molar-refractivity contribution in [2.75, 3.05) is 5.75 Å². The number of benzene rings is 1. The second kappa shape index (κ2) is 4.84. The first-order valence-corrected chi connectivity index (χ1v) is 6.47. The van der Waals surface area contributed by atoms with Crippen LogP contribution in [0.25, 0.3) is 0 Å². The van der Waals surface area contributed by atoms with E-state index < -0.39 is 0 Å². The molecule has 1 aromatic rings. The molecule has 0 amide bonds. The molecule has 0 radical (unpaired) electrons. The number of thioether (sulfide) groups is 1. The van der Waals surface area contributed by atoms with Gasteiger partial charge in [0.1, 0.15) is 5.78 Å². The Labute approximate surface area is 95.3 Å². The van der Waals surface area contributed by atoms with Crippen LogP contribution in [0.4, 0.5) is 0 Å². The summed E-state index contributed by atoms with van der Waals surface area (Å²) in [5.41, 5.74) is 1.49. The van der Waals surface area contributed by atoms with Gasteiger partial charge in [0.25, 0.3) is 0 Å². The molecule has 0 bridgehead atoms. The summed E-state index contributed by atoms with van der Waals surface area (Å²) in [6.45, 7) is 1.68. The maximum Gasteiger partial charge on any atom is 0.129 e. The van der Waals surface area contributed by atoms with Gasteiger partial charge >= 0.3 is 0 Å². The summed E-state index contributed by atoms with van der Waals surface area (Å²) in [5.74, 6) is 2.18. The van der Waals surface area contributed by atoms with E-state index >= 15 is 0 Å². The van der Waals surface area contributed by atoms with E-state index in [2.05, 4.69) is 24.3 Å². The summed E-state index contributed by atoms with van der Waals surface area (Å²) >= 11 is 1.95. The van der Waals surface area contributed by atoms with E-state index in [0.29, 0.717) is 11.7 Å². The van der Waals surface area contributed by atoms with Crippen LogP contribution in [0.3, 0.4) is 0 Å². The average Bonchev–Trinajstić information content (AvgIpc) is 2.62. The fourth-order valence-corrected chi connectivity index (χ4v) is 3.37. The lowest BCUT2D eigenvalue weighted by Gasteiger charge is -2.09. The lowest BCUT2D eigenvalue weighted by atomic mass is 9.95. The van der Waals surface area contributed by atoms with Crippen LogP contribution in [-0.4, -0.2) is 11.5 Å². The van der Waals surface area contributed by atoms with Gasteiger partial charge in [-0.05, 0) is 37.3 Å². The predicted molar refractivity (Wildman–Crippen MR) is 64.4 cm³/mol. The van der Waals surface area contributed by atoms with Crippen LogP contribution in [0.2, 0.25) is 0 Å². The van der Waals surface area contributed by atoms with E-state index in [9.17, 15) is 4.79 Å². The van der Waals surface area contributed by atoms with Crippen molar-refractivity contribution >= 4 is 17.5 Å². The van der Waals surface area contributed by atoms with Gasteiger partial charge in [-0.15, -0.1) is 11.8 Å². The molecule has 0 aromatic heterocycles. The summed E-state index contributed by atoms with van der Waals surface area (Å²) in [6.07, 6.45) is 2.93. The summed E-state index contributed by atoms with van der Waals surface area (Å²) in [7, 11) is 0. The zero-order valence-electron chi connectivity index (χ0n) is 9.03.